The zero-order valence-corrected chi connectivity index (χ0v) is 16.5. The summed E-state index contributed by atoms with van der Waals surface area (Å²) in [4.78, 5) is 16.2. The van der Waals surface area contributed by atoms with Crippen LogP contribution in [0.25, 0.3) is 0 Å². The van der Waals surface area contributed by atoms with Crippen molar-refractivity contribution in [2.24, 2.45) is 0 Å². The Morgan fingerprint density at radius 1 is 1.11 bits per heavy atom. The molecule has 0 saturated carbocycles. The van der Waals surface area contributed by atoms with Crippen LogP contribution in [0.15, 0.2) is 53.9 Å². The van der Waals surface area contributed by atoms with Crippen molar-refractivity contribution in [2.45, 2.75) is 12.5 Å². The zero-order valence-electron chi connectivity index (χ0n) is 15.6. The number of benzene rings is 2. The third-order valence-corrected chi connectivity index (χ3v) is 5.96. The molecular weight excluding hydrogens is 377 g/mol. The first-order valence-electron chi connectivity index (χ1n) is 8.97. The van der Waals surface area contributed by atoms with Gasteiger partial charge < -0.3 is 14.4 Å². The molecule has 1 aliphatic rings. The summed E-state index contributed by atoms with van der Waals surface area (Å²) in [5.41, 5.74) is 2.65. The highest BCUT2D eigenvalue weighted by atomic mass is 32.1. The van der Waals surface area contributed by atoms with E-state index in [1.54, 1.807) is 25.6 Å². The van der Waals surface area contributed by atoms with Crippen molar-refractivity contribution in [1.29, 1.82) is 0 Å². The molecule has 2 aromatic carbocycles. The predicted molar refractivity (Wildman–Crippen MR) is 107 cm³/mol. The van der Waals surface area contributed by atoms with E-state index in [2.05, 4.69) is 0 Å². The lowest BCUT2D eigenvalue weighted by atomic mass is 9.90. The van der Waals surface area contributed by atoms with Gasteiger partial charge in [0.25, 0.3) is 5.91 Å². The quantitative estimate of drug-likeness (QED) is 0.641. The van der Waals surface area contributed by atoms with Gasteiger partial charge in [0.1, 0.15) is 5.82 Å². The first kappa shape index (κ1) is 18.5. The molecule has 0 saturated heterocycles. The average molecular weight is 397 g/mol. The molecule has 28 heavy (non-hydrogen) atoms. The third-order valence-electron chi connectivity index (χ3n) is 5.04. The van der Waals surface area contributed by atoms with E-state index < -0.39 is 0 Å². The number of thiophene rings is 1. The van der Waals surface area contributed by atoms with Gasteiger partial charge in [0.2, 0.25) is 0 Å². The van der Waals surface area contributed by atoms with Gasteiger partial charge in [-0.15, -0.1) is 11.3 Å². The first-order valence-corrected chi connectivity index (χ1v) is 9.85. The lowest BCUT2D eigenvalue weighted by Crippen LogP contribution is -2.40. The van der Waals surface area contributed by atoms with Crippen molar-refractivity contribution >= 4 is 17.2 Å². The summed E-state index contributed by atoms with van der Waals surface area (Å²) in [5.74, 6) is 0.856. The van der Waals surface area contributed by atoms with Crippen LogP contribution in [-0.4, -0.2) is 31.6 Å². The molecule has 0 fully saturated rings. The summed E-state index contributed by atoms with van der Waals surface area (Å²) in [7, 11) is 3.23. The van der Waals surface area contributed by atoms with Crippen molar-refractivity contribution in [3.05, 3.63) is 81.3 Å². The second-order valence-corrected chi connectivity index (χ2v) is 7.56. The molecule has 0 spiro atoms. The van der Waals surface area contributed by atoms with Crippen LogP contribution in [0.2, 0.25) is 0 Å². The monoisotopic (exact) mass is 397 g/mol. The molecule has 0 bridgehead atoms. The smallest absolute Gasteiger partial charge is 0.254 e. The van der Waals surface area contributed by atoms with Crippen molar-refractivity contribution in [3.63, 3.8) is 0 Å². The number of ether oxygens (including phenoxy) is 2. The van der Waals surface area contributed by atoms with Crippen LogP contribution < -0.4 is 9.47 Å². The van der Waals surface area contributed by atoms with Crippen LogP contribution >= 0.6 is 11.3 Å². The topological polar surface area (TPSA) is 38.8 Å². The number of methoxy groups -OCH3 is 2. The highest BCUT2D eigenvalue weighted by Gasteiger charge is 2.34. The van der Waals surface area contributed by atoms with Gasteiger partial charge in [-0.2, -0.15) is 0 Å². The van der Waals surface area contributed by atoms with E-state index in [0.717, 1.165) is 16.0 Å². The Kier molecular flexibility index (Phi) is 5.05. The van der Waals surface area contributed by atoms with E-state index >= 15 is 0 Å². The number of halogens is 1. The molecule has 0 unspecified atom stereocenters. The Bertz CT molecular complexity index is 986. The molecule has 6 heteroatoms. The SMILES string of the molecule is COc1cc2c(cc1OC)[C@H](c1cccs1)N(C(=O)c1ccc(F)cc1)CC2. The van der Waals surface area contributed by atoms with E-state index in [-0.39, 0.29) is 17.8 Å². The molecule has 1 aliphatic heterocycles. The van der Waals surface area contributed by atoms with Crippen LogP contribution in [0.4, 0.5) is 4.39 Å². The fourth-order valence-electron chi connectivity index (χ4n) is 3.68. The molecule has 144 valence electrons. The number of carbonyl (C=O) groups excluding carboxylic acids is 1. The average Bonchev–Trinajstić information content (AvgIpc) is 3.26. The van der Waals surface area contributed by atoms with E-state index in [4.69, 9.17) is 9.47 Å². The molecule has 2 heterocycles. The number of carbonyl (C=O) groups is 1. The van der Waals surface area contributed by atoms with Gasteiger partial charge in [0, 0.05) is 17.0 Å². The second-order valence-electron chi connectivity index (χ2n) is 6.58. The van der Waals surface area contributed by atoms with Gasteiger partial charge in [-0.05, 0) is 65.4 Å². The Hall–Kier alpha value is -2.86. The molecule has 3 aromatic rings. The summed E-state index contributed by atoms with van der Waals surface area (Å²) in [6, 6.07) is 13.5. The Labute approximate surface area is 167 Å². The van der Waals surface area contributed by atoms with E-state index in [0.29, 0.717) is 30.0 Å². The largest absolute Gasteiger partial charge is 0.493 e. The molecule has 0 aliphatic carbocycles. The van der Waals surface area contributed by atoms with Crippen LogP contribution in [0.5, 0.6) is 11.5 Å². The summed E-state index contributed by atoms with van der Waals surface area (Å²) in [6.45, 7) is 0.571. The second kappa shape index (κ2) is 7.64. The standard InChI is InChI=1S/C22H20FNO3S/c1-26-18-12-15-9-10-24(22(25)14-5-7-16(23)8-6-14)21(20-4-3-11-28-20)17(15)13-19(18)27-2/h3-8,11-13,21H,9-10H2,1-2H3/t21-/m1/s1. The minimum atomic E-state index is -0.354. The van der Waals surface area contributed by atoms with Crippen LogP contribution in [0.1, 0.15) is 32.4 Å². The molecule has 4 rings (SSSR count). The zero-order chi connectivity index (χ0) is 19.7. The van der Waals surface area contributed by atoms with E-state index in [9.17, 15) is 9.18 Å². The van der Waals surface area contributed by atoms with Crippen LogP contribution in [-0.2, 0) is 6.42 Å². The van der Waals surface area contributed by atoms with E-state index in [1.165, 1.54) is 24.3 Å². The number of hydrogen-bond acceptors (Lipinski definition) is 4. The highest BCUT2D eigenvalue weighted by molar-refractivity contribution is 7.10. The Balaban J connectivity index is 1.81. The van der Waals surface area contributed by atoms with Crippen molar-refractivity contribution in [2.75, 3.05) is 20.8 Å². The number of nitrogens with zero attached hydrogens (tertiary/aromatic N) is 1. The van der Waals surface area contributed by atoms with Gasteiger partial charge >= 0.3 is 0 Å². The summed E-state index contributed by atoms with van der Waals surface area (Å²) in [6.07, 6.45) is 0.713. The minimum absolute atomic E-state index is 0.112. The molecule has 1 amide bonds. The van der Waals surface area contributed by atoms with Crippen LogP contribution in [0.3, 0.4) is 0 Å². The summed E-state index contributed by atoms with van der Waals surface area (Å²) >= 11 is 1.61. The number of hydrogen-bond donors (Lipinski definition) is 0. The fourth-order valence-corrected chi connectivity index (χ4v) is 4.53. The molecule has 0 radical (unpaired) electrons. The van der Waals surface area contributed by atoms with Crippen molar-refractivity contribution < 1.29 is 18.7 Å². The van der Waals surface area contributed by atoms with Crippen molar-refractivity contribution in [3.8, 4) is 11.5 Å². The van der Waals surface area contributed by atoms with Gasteiger partial charge in [-0.1, -0.05) is 6.07 Å². The number of fused-ring (bicyclic) bond motifs is 1. The maximum atomic E-state index is 13.3. The van der Waals surface area contributed by atoms with E-state index in [1.807, 2.05) is 34.5 Å². The van der Waals surface area contributed by atoms with Gasteiger partial charge in [0.15, 0.2) is 11.5 Å². The first-order chi connectivity index (χ1) is 13.6. The Morgan fingerprint density at radius 2 is 1.82 bits per heavy atom. The predicted octanol–water partition coefficient (Wildman–Crippen LogP) is 4.69. The van der Waals surface area contributed by atoms with Crippen LogP contribution in [0, 0.1) is 5.82 Å². The minimum Gasteiger partial charge on any atom is -0.493 e. The molecule has 1 atom stereocenters. The maximum absolute atomic E-state index is 13.3. The molecular formula is C22H20FNO3S. The molecule has 1 aromatic heterocycles. The lowest BCUT2D eigenvalue weighted by Gasteiger charge is -2.37. The highest BCUT2D eigenvalue weighted by Crippen LogP contribution is 2.42. The molecule has 0 N–H and O–H groups in total. The molecule has 4 nitrogen and oxygen atoms in total. The van der Waals surface area contributed by atoms with Gasteiger partial charge in [-0.25, -0.2) is 4.39 Å². The maximum Gasteiger partial charge on any atom is 0.254 e. The normalized spacial score (nSPS) is 15.8. The number of rotatable bonds is 4. The summed E-state index contributed by atoms with van der Waals surface area (Å²) < 4.78 is 24.2. The number of amides is 1. The van der Waals surface area contributed by atoms with Gasteiger partial charge in [0.05, 0.1) is 20.3 Å². The van der Waals surface area contributed by atoms with Crippen molar-refractivity contribution in [1.82, 2.24) is 4.90 Å². The summed E-state index contributed by atoms with van der Waals surface area (Å²) in [5, 5.41) is 2.00. The Morgan fingerprint density at radius 3 is 2.46 bits per heavy atom. The lowest BCUT2D eigenvalue weighted by molar-refractivity contribution is 0.0697. The van der Waals surface area contributed by atoms with Gasteiger partial charge in [-0.3, -0.25) is 4.79 Å². The third kappa shape index (κ3) is 3.24. The fraction of sp³-hybridized carbons (Fsp3) is 0.227.